The molecule has 4 aromatic rings. The maximum Gasteiger partial charge on any atom is 0.236 e. The molecule has 0 amide bonds. The van der Waals surface area contributed by atoms with Crippen LogP contribution >= 0.6 is 11.3 Å². The van der Waals surface area contributed by atoms with Crippen molar-refractivity contribution in [3.63, 3.8) is 0 Å². The van der Waals surface area contributed by atoms with Crippen LogP contribution in [0.15, 0.2) is 70.5 Å². The Morgan fingerprint density at radius 1 is 1.03 bits per heavy atom. The van der Waals surface area contributed by atoms with E-state index in [4.69, 9.17) is 13.9 Å². The normalized spacial score (nSPS) is 12.8. The van der Waals surface area contributed by atoms with Gasteiger partial charge in [0.15, 0.2) is 11.4 Å². The van der Waals surface area contributed by atoms with Crippen LogP contribution < -0.4 is 9.47 Å². The number of rotatable bonds is 10. The first-order valence-electron chi connectivity index (χ1n) is 11.3. The predicted octanol–water partition coefficient (Wildman–Crippen LogP) is 6.61. The fourth-order valence-corrected chi connectivity index (χ4v) is 4.27. The van der Waals surface area contributed by atoms with Crippen LogP contribution in [0.3, 0.4) is 0 Å². The highest BCUT2D eigenvalue weighted by atomic mass is 32.1. The number of hydrogen-bond donors (Lipinski definition) is 0. The minimum Gasteiger partial charge on any atom is -0.493 e. The fraction of sp³-hybridized carbons (Fsp3) is 0.286. The van der Waals surface area contributed by atoms with E-state index < -0.39 is 5.60 Å². The summed E-state index contributed by atoms with van der Waals surface area (Å²) in [5.41, 5.74) is 2.12. The first-order chi connectivity index (χ1) is 16.3. The molecule has 2 aromatic heterocycles. The van der Waals surface area contributed by atoms with Gasteiger partial charge in [-0.3, -0.25) is 4.79 Å². The average molecular weight is 476 g/mol. The van der Waals surface area contributed by atoms with Gasteiger partial charge in [-0.1, -0.05) is 35.9 Å². The third-order valence-electron chi connectivity index (χ3n) is 5.81. The van der Waals surface area contributed by atoms with Crippen LogP contribution in [0.5, 0.6) is 11.5 Å². The minimum absolute atomic E-state index is 0.0155. The standard InChI is InChI=1S/C28H29NO4S/c1-19-7-11-24(12-8-19)33-28(4,21(3)30)18-22-9-13-23(14-10-22)31-16-15-25-20(2)32-27(29-25)26-6-5-17-34-26/h5-14,17H,15-16,18H2,1-4H3. The molecule has 2 heterocycles. The highest BCUT2D eigenvalue weighted by Crippen LogP contribution is 2.27. The topological polar surface area (TPSA) is 61.6 Å². The van der Waals surface area contributed by atoms with Gasteiger partial charge in [0.1, 0.15) is 17.3 Å². The molecule has 34 heavy (non-hydrogen) atoms. The lowest BCUT2D eigenvalue weighted by Crippen LogP contribution is -2.42. The smallest absolute Gasteiger partial charge is 0.236 e. The van der Waals surface area contributed by atoms with Gasteiger partial charge in [-0.15, -0.1) is 11.3 Å². The Balaban J connectivity index is 1.34. The van der Waals surface area contributed by atoms with Crippen molar-refractivity contribution < 1.29 is 18.7 Å². The van der Waals surface area contributed by atoms with Gasteiger partial charge in [-0.25, -0.2) is 4.98 Å². The maximum absolute atomic E-state index is 12.4. The van der Waals surface area contributed by atoms with E-state index in [-0.39, 0.29) is 5.78 Å². The molecule has 0 aliphatic carbocycles. The van der Waals surface area contributed by atoms with Gasteiger partial charge in [0, 0.05) is 12.8 Å². The summed E-state index contributed by atoms with van der Waals surface area (Å²) in [6.45, 7) is 7.86. The molecule has 0 bridgehead atoms. The van der Waals surface area contributed by atoms with Crippen molar-refractivity contribution in [3.8, 4) is 22.3 Å². The molecule has 0 saturated heterocycles. The number of hydrogen-bond acceptors (Lipinski definition) is 6. The fourth-order valence-electron chi connectivity index (χ4n) is 3.62. The van der Waals surface area contributed by atoms with E-state index in [0.29, 0.717) is 31.1 Å². The number of thiophene rings is 1. The van der Waals surface area contributed by atoms with Crippen LogP contribution in [0.2, 0.25) is 0 Å². The lowest BCUT2D eigenvalue weighted by molar-refractivity contribution is -0.130. The minimum atomic E-state index is -0.942. The number of nitrogens with zero attached hydrogens (tertiary/aromatic N) is 1. The second-order valence-electron chi connectivity index (χ2n) is 8.62. The van der Waals surface area contributed by atoms with Crippen molar-refractivity contribution in [2.24, 2.45) is 0 Å². The van der Waals surface area contributed by atoms with Gasteiger partial charge < -0.3 is 13.9 Å². The maximum atomic E-state index is 12.4. The van der Waals surface area contributed by atoms with Crippen molar-refractivity contribution in [1.82, 2.24) is 4.98 Å². The van der Waals surface area contributed by atoms with E-state index >= 15 is 0 Å². The Morgan fingerprint density at radius 3 is 2.38 bits per heavy atom. The van der Waals surface area contributed by atoms with E-state index in [1.807, 2.05) is 86.8 Å². The van der Waals surface area contributed by atoms with Crippen molar-refractivity contribution in [3.05, 3.63) is 88.6 Å². The molecular formula is C28H29NO4S. The molecule has 0 aliphatic rings. The summed E-state index contributed by atoms with van der Waals surface area (Å²) in [5.74, 6) is 2.92. The average Bonchev–Trinajstić information content (AvgIpc) is 3.47. The van der Waals surface area contributed by atoms with E-state index in [9.17, 15) is 4.79 Å². The first kappa shape index (κ1) is 23.8. The van der Waals surface area contributed by atoms with Crippen molar-refractivity contribution in [1.29, 1.82) is 0 Å². The largest absolute Gasteiger partial charge is 0.493 e. The van der Waals surface area contributed by atoms with Gasteiger partial charge in [0.2, 0.25) is 5.89 Å². The Kier molecular flexibility index (Phi) is 7.17. The number of ketones is 1. The van der Waals surface area contributed by atoms with Crippen LogP contribution in [-0.2, 0) is 17.6 Å². The molecule has 0 saturated carbocycles. The summed E-state index contributed by atoms with van der Waals surface area (Å²) in [4.78, 5) is 18.1. The zero-order valence-corrected chi connectivity index (χ0v) is 20.8. The zero-order chi connectivity index (χ0) is 24.1. The molecule has 1 atom stereocenters. The van der Waals surface area contributed by atoms with E-state index in [1.165, 1.54) is 0 Å². The van der Waals surface area contributed by atoms with Crippen molar-refractivity contribution >= 4 is 17.1 Å². The quantitative estimate of drug-likeness (QED) is 0.258. The number of aryl methyl sites for hydroxylation is 2. The number of ether oxygens (including phenoxy) is 2. The molecular weight excluding hydrogens is 446 g/mol. The number of carbonyl (C=O) groups is 1. The Bertz CT molecular complexity index is 1230. The summed E-state index contributed by atoms with van der Waals surface area (Å²) >= 11 is 1.61. The van der Waals surface area contributed by atoms with Crippen LogP contribution in [0.25, 0.3) is 10.8 Å². The van der Waals surface area contributed by atoms with Gasteiger partial charge in [-0.05, 0) is 69.0 Å². The molecule has 0 spiro atoms. The molecule has 0 radical (unpaired) electrons. The lowest BCUT2D eigenvalue weighted by atomic mass is 9.92. The Hall–Kier alpha value is -3.38. The first-order valence-corrected chi connectivity index (χ1v) is 12.2. The molecule has 4 rings (SSSR count). The van der Waals surface area contributed by atoms with Gasteiger partial charge >= 0.3 is 0 Å². The van der Waals surface area contributed by atoms with Crippen LogP contribution in [0, 0.1) is 13.8 Å². The van der Waals surface area contributed by atoms with Gasteiger partial charge in [-0.2, -0.15) is 0 Å². The summed E-state index contributed by atoms with van der Waals surface area (Å²) < 4.78 is 17.8. The Morgan fingerprint density at radius 2 is 1.74 bits per heavy atom. The number of oxazole rings is 1. The van der Waals surface area contributed by atoms with Crippen LogP contribution in [0.4, 0.5) is 0 Å². The summed E-state index contributed by atoms with van der Waals surface area (Å²) in [6.07, 6.45) is 1.13. The van der Waals surface area contributed by atoms with Crippen molar-refractivity contribution in [2.45, 2.75) is 46.1 Å². The summed E-state index contributed by atoms with van der Waals surface area (Å²) in [6, 6.07) is 19.5. The van der Waals surface area contributed by atoms with E-state index in [0.717, 1.165) is 33.2 Å². The monoisotopic (exact) mass is 475 g/mol. The predicted molar refractivity (Wildman–Crippen MR) is 135 cm³/mol. The molecule has 2 aromatic carbocycles. The zero-order valence-electron chi connectivity index (χ0n) is 20.0. The molecule has 6 heteroatoms. The van der Waals surface area contributed by atoms with E-state index in [1.54, 1.807) is 18.3 Å². The molecule has 0 N–H and O–H groups in total. The van der Waals surface area contributed by atoms with Crippen LogP contribution in [-0.4, -0.2) is 23.0 Å². The second-order valence-corrected chi connectivity index (χ2v) is 9.57. The highest BCUT2D eigenvalue weighted by Gasteiger charge is 2.32. The molecule has 0 fully saturated rings. The second kappa shape index (κ2) is 10.3. The molecule has 5 nitrogen and oxygen atoms in total. The number of carbonyl (C=O) groups excluding carboxylic acids is 1. The summed E-state index contributed by atoms with van der Waals surface area (Å²) in [5, 5.41) is 2.01. The lowest BCUT2D eigenvalue weighted by Gasteiger charge is -2.28. The highest BCUT2D eigenvalue weighted by molar-refractivity contribution is 7.13. The summed E-state index contributed by atoms with van der Waals surface area (Å²) in [7, 11) is 0. The van der Waals surface area contributed by atoms with Gasteiger partial charge in [0.05, 0.1) is 17.2 Å². The molecule has 0 aliphatic heterocycles. The number of benzene rings is 2. The third-order valence-corrected chi connectivity index (χ3v) is 6.66. The van der Waals surface area contributed by atoms with Crippen LogP contribution in [0.1, 0.15) is 36.4 Å². The number of aromatic nitrogens is 1. The van der Waals surface area contributed by atoms with Crippen molar-refractivity contribution in [2.75, 3.05) is 6.61 Å². The third kappa shape index (κ3) is 5.75. The SMILES string of the molecule is CC(=O)C(C)(Cc1ccc(OCCc2nc(-c3cccs3)oc2C)cc1)Oc1ccc(C)cc1. The molecule has 176 valence electrons. The number of Topliss-reactive ketones (excluding diaryl/α,β-unsaturated/α-hetero) is 1. The van der Waals surface area contributed by atoms with Gasteiger partial charge in [0.25, 0.3) is 0 Å². The molecule has 1 unspecified atom stereocenters. The Labute approximate surface area is 204 Å². The van der Waals surface area contributed by atoms with E-state index in [2.05, 4.69) is 4.98 Å².